The van der Waals surface area contributed by atoms with Crippen LogP contribution in [0.15, 0.2) is 41.3 Å². The van der Waals surface area contributed by atoms with E-state index in [1.807, 2.05) is 6.07 Å². The fourth-order valence-corrected chi connectivity index (χ4v) is 3.46. The van der Waals surface area contributed by atoms with Crippen LogP contribution in [-0.4, -0.2) is 51.5 Å². The van der Waals surface area contributed by atoms with Crippen LogP contribution < -0.4 is 14.8 Å². The molecule has 0 heterocycles. The van der Waals surface area contributed by atoms with Gasteiger partial charge in [0.25, 0.3) is 0 Å². The van der Waals surface area contributed by atoms with Crippen molar-refractivity contribution in [3.63, 3.8) is 0 Å². The summed E-state index contributed by atoms with van der Waals surface area (Å²) in [5.74, 6) is -0.450. The Kier molecular flexibility index (Phi) is 8.11. The number of rotatable bonds is 8. The van der Waals surface area contributed by atoms with Gasteiger partial charge < -0.3 is 24.3 Å². The largest absolute Gasteiger partial charge is 0.493 e. The van der Waals surface area contributed by atoms with Crippen molar-refractivity contribution in [3.05, 3.63) is 47.5 Å². The van der Waals surface area contributed by atoms with E-state index in [-0.39, 0.29) is 22.7 Å². The van der Waals surface area contributed by atoms with E-state index in [0.717, 1.165) is 4.90 Å². The van der Waals surface area contributed by atoms with E-state index in [1.165, 1.54) is 51.3 Å². The Morgan fingerprint density at radius 1 is 0.867 bits per heavy atom. The summed E-state index contributed by atoms with van der Waals surface area (Å²) in [6.45, 7) is 1.72. The van der Waals surface area contributed by atoms with E-state index < -0.39 is 17.2 Å². The average Bonchev–Trinajstić information content (AvgIpc) is 2.77. The quantitative estimate of drug-likeness (QED) is 0.499. The molecule has 0 spiro atoms. The molecule has 0 aromatic heterocycles. The lowest BCUT2D eigenvalue weighted by Gasteiger charge is -2.16. The first-order chi connectivity index (χ1) is 14.3. The molecule has 1 N–H and O–H groups in total. The molecule has 2 aromatic carbocycles. The molecule has 9 heteroatoms. The van der Waals surface area contributed by atoms with Crippen LogP contribution in [0.5, 0.6) is 11.5 Å². The number of carbonyl (C=O) groups excluding carboxylic acids is 3. The first-order valence-electron chi connectivity index (χ1n) is 8.84. The molecule has 0 bridgehead atoms. The van der Waals surface area contributed by atoms with Gasteiger partial charge in [-0.25, -0.2) is 9.59 Å². The number of nitrogens with one attached hydrogen (secondary N) is 1. The number of amides is 1. The molecule has 0 aliphatic rings. The Balaban J connectivity index is 2.23. The Bertz CT molecular complexity index is 945. The second-order valence-corrected chi connectivity index (χ2v) is 7.42. The minimum Gasteiger partial charge on any atom is -0.493 e. The standard InChI is InChI=1S/C21H23NO7S/c1-12(30-14-7-9-17(26-2)18(11-14)27-3)19(23)22-16-10-13(20(24)28-4)6-8-15(16)21(25)29-5/h6-12H,1-5H3,(H,22,23)/t12-/m0/s1. The lowest BCUT2D eigenvalue weighted by atomic mass is 10.1. The van der Waals surface area contributed by atoms with Gasteiger partial charge in [-0.15, -0.1) is 11.8 Å². The predicted octanol–water partition coefficient (Wildman–Crippen LogP) is 3.40. The number of esters is 2. The van der Waals surface area contributed by atoms with Crippen LogP contribution in [-0.2, 0) is 14.3 Å². The van der Waals surface area contributed by atoms with Gasteiger partial charge in [-0.1, -0.05) is 0 Å². The van der Waals surface area contributed by atoms with E-state index in [0.29, 0.717) is 11.5 Å². The molecule has 0 unspecified atom stereocenters. The normalized spacial score (nSPS) is 11.2. The van der Waals surface area contributed by atoms with Gasteiger partial charge in [-0.05, 0) is 43.3 Å². The van der Waals surface area contributed by atoms with Crippen LogP contribution in [0.1, 0.15) is 27.6 Å². The summed E-state index contributed by atoms with van der Waals surface area (Å²) >= 11 is 1.30. The van der Waals surface area contributed by atoms with Crippen LogP contribution >= 0.6 is 11.8 Å². The lowest BCUT2D eigenvalue weighted by Crippen LogP contribution is -2.24. The van der Waals surface area contributed by atoms with Gasteiger partial charge in [-0.2, -0.15) is 0 Å². The number of thioether (sulfide) groups is 1. The number of hydrogen-bond donors (Lipinski definition) is 1. The first kappa shape index (κ1) is 23.1. The van der Waals surface area contributed by atoms with E-state index in [9.17, 15) is 14.4 Å². The molecule has 2 rings (SSSR count). The zero-order valence-electron chi connectivity index (χ0n) is 17.3. The SMILES string of the molecule is COC(=O)c1ccc(C(=O)OC)c(NC(=O)[C@H](C)Sc2ccc(OC)c(OC)c2)c1. The summed E-state index contributed by atoms with van der Waals surface area (Å²) in [6.07, 6.45) is 0. The molecule has 0 aliphatic heterocycles. The van der Waals surface area contributed by atoms with Crippen molar-refractivity contribution in [1.29, 1.82) is 0 Å². The van der Waals surface area contributed by atoms with Crippen molar-refractivity contribution >= 4 is 35.3 Å². The highest BCUT2D eigenvalue weighted by Crippen LogP contribution is 2.34. The van der Waals surface area contributed by atoms with Gasteiger partial charge >= 0.3 is 11.9 Å². The zero-order chi connectivity index (χ0) is 22.3. The Hall–Kier alpha value is -3.20. The maximum Gasteiger partial charge on any atom is 0.339 e. The first-order valence-corrected chi connectivity index (χ1v) is 9.72. The van der Waals surface area contributed by atoms with E-state index in [1.54, 1.807) is 26.2 Å². The molecule has 1 amide bonds. The molecule has 160 valence electrons. The lowest BCUT2D eigenvalue weighted by molar-refractivity contribution is -0.115. The number of benzene rings is 2. The van der Waals surface area contributed by atoms with Crippen molar-refractivity contribution in [2.24, 2.45) is 0 Å². The molecule has 0 fully saturated rings. The summed E-state index contributed by atoms with van der Waals surface area (Å²) in [6, 6.07) is 9.54. The van der Waals surface area contributed by atoms with Crippen LogP contribution in [0.25, 0.3) is 0 Å². The minimum atomic E-state index is -0.637. The Labute approximate surface area is 178 Å². The summed E-state index contributed by atoms with van der Waals surface area (Å²) in [5, 5.41) is 2.17. The van der Waals surface area contributed by atoms with E-state index >= 15 is 0 Å². The summed E-state index contributed by atoms with van der Waals surface area (Å²) in [4.78, 5) is 37.4. The molecular formula is C21H23NO7S. The van der Waals surface area contributed by atoms with Crippen molar-refractivity contribution in [3.8, 4) is 11.5 Å². The maximum absolute atomic E-state index is 12.8. The highest BCUT2D eigenvalue weighted by Gasteiger charge is 2.21. The van der Waals surface area contributed by atoms with Gasteiger partial charge in [0, 0.05) is 4.90 Å². The number of methoxy groups -OCH3 is 4. The average molecular weight is 433 g/mol. The van der Waals surface area contributed by atoms with Crippen molar-refractivity contribution in [2.75, 3.05) is 33.8 Å². The van der Waals surface area contributed by atoms with Crippen molar-refractivity contribution in [2.45, 2.75) is 17.1 Å². The smallest absolute Gasteiger partial charge is 0.339 e. The minimum absolute atomic E-state index is 0.127. The molecule has 2 aromatic rings. The maximum atomic E-state index is 12.8. The Morgan fingerprint density at radius 3 is 2.13 bits per heavy atom. The third-order valence-electron chi connectivity index (χ3n) is 4.14. The number of ether oxygens (including phenoxy) is 4. The van der Waals surface area contributed by atoms with Gasteiger partial charge in [0.15, 0.2) is 11.5 Å². The molecule has 8 nitrogen and oxygen atoms in total. The molecule has 0 saturated carbocycles. The summed E-state index contributed by atoms with van der Waals surface area (Å²) in [5.41, 5.74) is 0.483. The summed E-state index contributed by atoms with van der Waals surface area (Å²) in [7, 11) is 5.56. The van der Waals surface area contributed by atoms with Gasteiger partial charge in [-0.3, -0.25) is 4.79 Å². The second-order valence-electron chi connectivity index (χ2n) is 6.01. The Morgan fingerprint density at radius 2 is 1.53 bits per heavy atom. The van der Waals surface area contributed by atoms with Crippen molar-refractivity contribution in [1.82, 2.24) is 0 Å². The van der Waals surface area contributed by atoms with Crippen LogP contribution in [0.2, 0.25) is 0 Å². The number of carbonyl (C=O) groups is 3. The fourth-order valence-electron chi connectivity index (χ4n) is 2.56. The molecule has 30 heavy (non-hydrogen) atoms. The van der Waals surface area contributed by atoms with Crippen LogP contribution in [0.3, 0.4) is 0 Å². The molecule has 1 atom stereocenters. The monoisotopic (exact) mass is 433 g/mol. The predicted molar refractivity (Wildman–Crippen MR) is 113 cm³/mol. The number of hydrogen-bond acceptors (Lipinski definition) is 8. The van der Waals surface area contributed by atoms with Gasteiger partial charge in [0.2, 0.25) is 5.91 Å². The third-order valence-corrected chi connectivity index (χ3v) is 5.23. The fraction of sp³-hybridized carbons (Fsp3) is 0.286. The van der Waals surface area contributed by atoms with Crippen LogP contribution in [0.4, 0.5) is 5.69 Å². The van der Waals surface area contributed by atoms with Crippen molar-refractivity contribution < 1.29 is 33.3 Å². The third kappa shape index (κ3) is 5.44. The highest BCUT2D eigenvalue weighted by atomic mass is 32.2. The topological polar surface area (TPSA) is 100 Å². The second kappa shape index (κ2) is 10.5. The van der Waals surface area contributed by atoms with Crippen LogP contribution in [0, 0.1) is 0 Å². The molecule has 0 aliphatic carbocycles. The highest BCUT2D eigenvalue weighted by molar-refractivity contribution is 8.00. The van der Waals surface area contributed by atoms with E-state index in [4.69, 9.17) is 18.9 Å². The molecular weight excluding hydrogens is 410 g/mol. The van der Waals surface area contributed by atoms with Gasteiger partial charge in [0.1, 0.15) is 0 Å². The number of anilines is 1. The molecule has 0 radical (unpaired) electrons. The van der Waals surface area contributed by atoms with E-state index in [2.05, 4.69) is 5.32 Å². The molecule has 0 saturated heterocycles. The van der Waals surface area contributed by atoms with Gasteiger partial charge in [0.05, 0.1) is 50.5 Å². The summed E-state index contributed by atoms with van der Waals surface area (Å²) < 4.78 is 19.9. The zero-order valence-corrected chi connectivity index (χ0v) is 18.1.